The number of nitrogens with zero attached hydrogens (tertiary/aromatic N) is 2. The molecule has 0 unspecified atom stereocenters. The van der Waals surface area contributed by atoms with E-state index < -0.39 is 5.97 Å². The number of rotatable bonds is 9. The van der Waals surface area contributed by atoms with E-state index in [2.05, 4.69) is 22.2 Å². The molecule has 0 saturated carbocycles. The van der Waals surface area contributed by atoms with Gasteiger partial charge in [0.25, 0.3) is 0 Å². The maximum Gasteiger partial charge on any atom is 0.338 e. The lowest BCUT2D eigenvalue weighted by Gasteiger charge is -2.05. The number of hydrogen-bond donors (Lipinski definition) is 2. The molecule has 25 heavy (non-hydrogen) atoms. The Bertz CT molecular complexity index is 768. The van der Waals surface area contributed by atoms with Crippen molar-refractivity contribution >= 4 is 23.5 Å². The molecule has 1 heterocycles. The van der Waals surface area contributed by atoms with Crippen molar-refractivity contribution in [2.45, 2.75) is 19.9 Å². The fraction of sp³-hybridized carbons (Fsp3) is 0.278. The minimum atomic E-state index is -1.03. The number of carbonyl (C=O) groups is 1. The quantitative estimate of drug-likeness (QED) is 0.530. The molecule has 2 aromatic rings. The highest BCUT2D eigenvalue weighted by Crippen LogP contribution is 2.25. The van der Waals surface area contributed by atoms with Gasteiger partial charge in [0.05, 0.1) is 24.4 Å². The van der Waals surface area contributed by atoms with Gasteiger partial charge in [0.15, 0.2) is 0 Å². The third-order valence-electron chi connectivity index (χ3n) is 3.18. The summed E-state index contributed by atoms with van der Waals surface area (Å²) in [6, 6.07) is 7.85. The van der Waals surface area contributed by atoms with Crippen molar-refractivity contribution in [3.8, 4) is 17.0 Å². The number of thiazole rings is 1. The van der Waals surface area contributed by atoms with E-state index in [1.165, 1.54) is 30.8 Å². The molecule has 0 aliphatic rings. The zero-order chi connectivity index (χ0) is 18.1. The second kappa shape index (κ2) is 9.58. The maximum absolute atomic E-state index is 11.0. The number of carboxylic acid groups (broad SMARTS) is 1. The van der Waals surface area contributed by atoms with Gasteiger partial charge < -0.3 is 15.2 Å². The number of benzene rings is 1. The first kappa shape index (κ1) is 18.7. The number of aliphatic carboxylic acids is 1. The van der Waals surface area contributed by atoms with Crippen LogP contribution in [0.3, 0.4) is 0 Å². The number of ether oxygens (including phenoxy) is 1. The molecule has 0 fully saturated rings. The summed E-state index contributed by atoms with van der Waals surface area (Å²) in [5, 5.41) is 14.8. The number of carboxylic acids is 1. The Morgan fingerprint density at radius 2 is 2.32 bits per heavy atom. The largest absolute Gasteiger partial charge is 0.494 e. The van der Waals surface area contributed by atoms with Gasteiger partial charge >= 0.3 is 5.97 Å². The summed E-state index contributed by atoms with van der Waals surface area (Å²) in [5.74, 6) is -0.193. The zero-order valence-corrected chi connectivity index (χ0v) is 15.0. The lowest BCUT2D eigenvalue weighted by Crippen LogP contribution is -2.10. The van der Waals surface area contributed by atoms with E-state index in [4.69, 9.17) is 9.84 Å². The molecular formula is C18H21N3O3S. The van der Waals surface area contributed by atoms with Gasteiger partial charge in [-0.3, -0.25) is 4.99 Å². The zero-order valence-electron chi connectivity index (χ0n) is 14.2. The molecule has 7 heteroatoms. The Labute approximate surface area is 150 Å². The molecule has 1 aromatic heterocycles. The highest BCUT2D eigenvalue weighted by atomic mass is 32.1. The maximum atomic E-state index is 11.0. The van der Waals surface area contributed by atoms with Crippen LogP contribution in [-0.2, 0) is 11.3 Å². The van der Waals surface area contributed by atoms with Crippen molar-refractivity contribution in [3.05, 3.63) is 46.4 Å². The molecule has 0 bridgehead atoms. The van der Waals surface area contributed by atoms with Gasteiger partial charge in [-0.1, -0.05) is 19.1 Å². The van der Waals surface area contributed by atoms with Gasteiger partial charge in [-0.15, -0.1) is 11.3 Å². The summed E-state index contributed by atoms with van der Waals surface area (Å²) < 4.78 is 5.65. The second-order valence-electron chi connectivity index (χ2n) is 5.18. The van der Waals surface area contributed by atoms with E-state index in [0.29, 0.717) is 13.2 Å². The molecule has 0 aliphatic carbocycles. The Morgan fingerprint density at radius 3 is 3.04 bits per heavy atom. The van der Waals surface area contributed by atoms with Crippen molar-refractivity contribution in [2.24, 2.45) is 4.99 Å². The lowest BCUT2D eigenvalue weighted by atomic mass is 10.2. The molecule has 132 valence electrons. The van der Waals surface area contributed by atoms with Crippen LogP contribution < -0.4 is 10.1 Å². The van der Waals surface area contributed by atoms with Gasteiger partial charge in [0, 0.05) is 30.4 Å². The lowest BCUT2D eigenvalue weighted by molar-refractivity contribution is -0.132. The van der Waals surface area contributed by atoms with E-state index in [1.807, 2.05) is 29.6 Å². The summed E-state index contributed by atoms with van der Waals surface area (Å²) in [7, 11) is 1.53. The van der Waals surface area contributed by atoms with Gasteiger partial charge in [0.1, 0.15) is 10.8 Å². The van der Waals surface area contributed by atoms with Crippen molar-refractivity contribution in [3.63, 3.8) is 0 Å². The van der Waals surface area contributed by atoms with Gasteiger partial charge in [0.2, 0.25) is 0 Å². The Kier molecular flexibility index (Phi) is 7.16. The van der Waals surface area contributed by atoms with Crippen molar-refractivity contribution in [1.29, 1.82) is 0 Å². The monoisotopic (exact) mass is 359 g/mol. The summed E-state index contributed by atoms with van der Waals surface area (Å²) in [6.07, 6.45) is 3.69. The topological polar surface area (TPSA) is 83.8 Å². The number of aromatic nitrogens is 1. The SMILES string of the molecule is CCCOc1cccc(-c2csc(CN/C=C(\C=NC)C(=O)O)n2)c1. The average molecular weight is 359 g/mol. The van der Waals surface area contributed by atoms with Crippen LogP contribution in [0.5, 0.6) is 5.75 Å². The number of nitrogens with one attached hydrogen (secondary N) is 1. The first-order valence-corrected chi connectivity index (χ1v) is 8.78. The van der Waals surface area contributed by atoms with Gasteiger partial charge in [-0.25, -0.2) is 9.78 Å². The molecule has 0 saturated heterocycles. The molecule has 0 radical (unpaired) electrons. The average Bonchev–Trinajstić information content (AvgIpc) is 3.08. The van der Waals surface area contributed by atoms with Crippen LogP contribution in [0.25, 0.3) is 11.3 Å². The van der Waals surface area contributed by atoms with Crippen LogP contribution in [-0.4, -0.2) is 35.9 Å². The molecule has 1 aromatic carbocycles. The van der Waals surface area contributed by atoms with E-state index >= 15 is 0 Å². The third kappa shape index (κ3) is 5.72. The predicted octanol–water partition coefficient (Wildman–Crippen LogP) is 3.36. The van der Waals surface area contributed by atoms with Crippen LogP contribution in [0.1, 0.15) is 18.4 Å². The third-order valence-corrected chi connectivity index (χ3v) is 4.03. The minimum absolute atomic E-state index is 0.0973. The van der Waals surface area contributed by atoms with Crippen LogP contribution in [0, 0.1) is 0 Å². The molecule has 6 nitrogen and oxygen atoms in total. The van der Waals surface area contributed by atoms with E-state index in [0.717, 1.165) is 28.4 Å². The molecule has 0 aliphatic heterocycles. The minimum Gasteiger partial charge on any atom is -0.494 e. The second-order valence-corrected chi connectivity index (χ2v) is 6.12. The van der Waals surface area contributed by atoms with Gasteiger partial charge in [-0.2, -0.15) is 0 Å². The molecule has 0 atom stereocenters. The van der Waals surface area contributed by atoms with Crippen LogP contribution >= 0.6 is 11.3 Å². The van der Waals surface area contributed by atoms with Crippen molar-refractivity contribution in [1.82, 2.24) is 10.3 Å². The van der Waals surface area contributed by atoms with Crippen molar-refractivity contribution < 1.29 is 14.6 Å². The molecular weight excluding hydrogens is 338 g/mol. The van der Waals surface area contributed by atoms with Crippen molar-refractivity contribution in [2.75, 3.05) is 13.7 Å². The fourth-order valence-electron chi connectivity index (χ4n) is 2.03. The first-order chi connectivity index (χ1) is 12.1. The highest BCUT2D eigenvalue weighted by Gasteiger charge is 2.07. The molecule has 0 spiro atoms. The van der Waals surface area contributed by atoms with E-state index in [-0.39, 0.29) is 5.57 Å². The summed E-state index contributed by atoms with van der Waals surface area (Å²) in [4.78, 5) is 19.3. The summed E-state index contributed by atoms with van der Waals surface area (Å²) in [5.41, 5.74) is 1.97. The highest BCUT2D eigenvalue weighted by molar-refractivity contribution is 7.09. The standard InChI is InChI=1S/C18H21N3O3S/c1-3-7-24-15-6-4-5-13(8-15)16-12-25-17(21-16)11-20-10-14(9-19-2)18(22)23/h4-6,8-10,12,20H,3,7,11H2,1-2H3,(H,22,23)/b14-10+,19-9?. The van der Waals surface area contributed by atoms with Crippen LogP contribution in [0.2, 0.25) is 0 Å². The summed E-state index contributed by atoms with van der Waals surface area (Å²) in [6.45, 7) is 3.21. The smallest absolute Gasteiger partial charge is 0.338 e. The normalized spacial score (nSPS) is 11.7. The number of hydrogen-bond acceptors (Lipinski definition) is 6. The summed E-state index contributed by atoms with van der Waals surface area (Å²) >= 11 is 1.52. The fourth-order valence-corrected chi connectivity index (χ4v) is 2.79. The Morgan fingerprint density at radius 1 is 1.48 bits per heavy atom. The molecule has 0 amide bonds. The number of aliphatic imine (C=N–C) groups is 1. The Hall–Kier alpha value is -2.67. The van der Waals surface area contributed by atoms with E-state index in [1.54, 1.807) is 0 Å². The predicted molar refractivity (Wildman–Crippen MR) is 100 cm³/mol. The molecule has 2 rings (SSSR count). The molecule has 2 N–H and O–H groups in total. The van der Waals surface area contributed by atoms with E-state index in [9.17, 15) is 4.79 Å². The Balaban J connectivity index is 2.02. The first-order valence-electron chi connectivity index (χ1n) is 7.90. The van der Waals surface area contributed by atoms with Crippen LogP contribution in [0.4, 0.5) is 0 Å². The van der Waals surface area contributed by atoms with Crippen LogP contribution in [0.15, 0.2) is 46.4 Å². The van der Waals surface area contributed by atoms with Gasteiger partial charge in [-0.05, 0) is 18.6 Å².